The van der Waals surface area contributed by atoms with Gasteiger partial charge in [0.05, 0.1) is 33.6 Å². The van der Waals surface area contributed by atoms with E-state index in [0.717, 1.165) is 12.1 Å². The molecule has 1 atom stereocenters. The van der Waals surface area contributed by atoms with Crippen LogP contribution in [0.25, 0.3) is 11.8 Å². The topological polar surface area (TPSA) is 51.0 Å². The Hall–Kier alpha value is -3.20. The minimum Gasteiger partial charge on any atom is -0.306 e. The Balaban J connectivity index is 1.69. The molecule has 4 rings (SSSR count). The Kier molecular flexibility index (Phi) is 4.85. The van der Waals surface area contributed by atoms with Crippen molar-refractivity contribution in [3.05, 3.63) is 82.0 Å². The lowest BCUT2D eigenvalue weighted by Gasteiger charge is -2.28. The summed E-state index contributed by atoms with van der Waals surface area (Å²) >= 11 is 5.90. The van der Waals surface area contributed by atoms with E-state index in [1.165, 1.54) is 46.1 Å². The highest BCUT2D eigenvalue weighted by molar-refractivity contribution is 6.34. The third kappa shape index (κ3) is 3.35. The van der Waals surface area contributed by atoms with Gasteiger partial charge in [0.1, 0.15) is 11.5 Å². The number of benzene rings is 2. The fraction of sp³-hybridized carbons (Fsp3) is 0.150. The second kappa shape index (κ2) is 7.24. The number of aromatic nitrogens is 3. The molecule has 0 N–H and O–H groups in total. The predicted molar refractivity (Wildman–Crippen MR) is 101 cm³/mol. The molecule has 2 aromatic carbocycles. The maximum absolute atomic E-state index is 13.2. The molecule has 1 unspecified atom stereocenters. The summed E-state index contributed by atoms with van der Waals surface area (Å²) in [6, 6.07) is 8.21. The Morgan fingerprint density at radius 1 is 1.13 bits per heavy atom. The molecular weight excluding hydrogens is 424 g/mol. The second-order valence-electron chi connectivity index (χ2n) is 6.62. The number of carbonyl (C=O) groups excluding carboxylic acids is 1. The van der Waals surface area contributed by atoms with Crippen LogP contribution in [0.2, 0.25) is 5.02 Å². The van der Waals surface area contributed by atoms with Gasteiger partial charge in [-0.3, -0.25) is 4.79 Å². The van der Waals surface area contributed by atoms with Gasteiger partial charge in [0.25, 0.3) is 5.91 Å². The molecule has 10 heteroatoms. The summed E-state index contributed by atoms with van der Waals surface area (Å²) in [6.45, 7) is 1.67. The summed E-state index contributed by atoms with van der Waals surface area (Å²) in [5.74, 6) is -1.09. The van der Waals surface area contributed by atoms with Crippen molar-refractivity contribution in [2.24, 2.45) is 0 Å². The molecule has 1 aliphatic rings. The first-order valence-corrected chi connectivity index (χ1v) is 9.14. The van der Waals surface area contributed by atoms with Crippen molar-refractivity contribution in [1.82, 2.24) is 19.9 Å². The highest BCUT2D eigenvalue weighted by atomic mass is 35.5. The van der Waals surface area contributed by atoms with E-state index in [2.05, 4.69) is 10.3 Å². The predicted octanol–water partition coefficient (Wildman–Crippen LogP) is 5.27. The first-order chi connectivity index (χ1) is 14.2. The summed E-state index contributed by atoms with van der Waals surface area (Å²) < 4.78 is 54.1. The van der Waals surface area contributed by atoms with E-state index in [0.29, 0.717) is 17.1 Å². The minimum atomic E-state index is -4.68. The molecule has 0 saturated heterocycles. The number of alkyl halides is 3. The second-order valence-corrected chi connectivity index (χ2v) is 7.00. The van der Waals surface area contributed by atoms with Gasteiger partial charge in [-0.1, -0.05) is 22.9 Å². The van der Waals surface area contributed by atoms with Gasteiger partial charge in [0.15, 0.2) is 0 Å². The van der Waals surface area contributed by atoms with Gasteiger partial charge in [-0.15, -0.1) is 5.10 Å². The number of fused-ring (bicyclic) bond motifs is 1. The molecule has 1 amide bonds. The number of halogens is 5. The standard InChI is InChI=1S/C20H13ClF4N4O/c1-11-18-16(29(27-26-18)13-7-5-12(22)6-8-13)9-10-28(11)19(30)14-3-2-4-15(17(14)21)20(23,24)25/h2-11H,1H3. The van der Waals surface area contributed by atoms with Gasteiger partial charge >= 0.3 is 6.18 Å². The van der Waals surface area contributed by atoms with Gasteiger partial charge in [-0.2, -0.15) is 13.2 Å². The molecule has 3 aromatic rings. The highest BCUT2D eigenvalue weighted by Gasteiger charge is 2.36. The van der Waals surface area contributed by atoms with Crippen LogP contribution in [0.15, 0.2) is 48.7 Å². The van der Waals surface area contributed by atoms with Crippen LogP contribution < -0.4 is 0 Å². The summed E-state index contributed by atoms with van der Waals surface area (Å²) in [4.78, 5) is 14.2. The average molecular weight is 437 g/mol. The van der Waals surface area contributed by atoms with Gasteiger partial charge in [-0.25, -0.2) is 9.07 Å². The van der Waals surface area contributed by atoms with Crippen LogP contribution in [0.1, 0.15) is 40.3 Å². The van der Waals surface area contributed by atoms with Gasteiger partial charge in [-0.05, 0) is 49.4 Å². The van der Waals surface area contributed by atoms with Crippen molar-refractivity contribution in [2.75, 3.05) is 0 Å². The number of amides is 1. The van der Waals surface area contributed by atoms with Crippen LogP contribution in [-0.2, 0) is 6.18 Å². The molecule has 154 valence electrons. The highest BCUT2D eigenvalue weighted by Crippen LogP contribution is 2.38. The number of nitrogens with zero attached hydrogens (tertiary/aromatic N) is 4. The zero-order valence-corrected chi connectivity index (χ0v) is 16.1. The van der Waals surface area contributed by atoms with Crippen molar-refractivity contribution < 1.29 is 22.4 Å². The van der Waals surface area contributed by atoms with Crippen LogP contribution in [0.5, 0.6) is 0 Å². The summed E-state index contributed by atoms with van der Waals surface area (Å²) in [5, 5.41) is 7.51. The van der Waals surface area contributed by atoms with Crippen LogP contribution in [0, 0.1) is 5.82 Å². The molecule has 0 bridgehead atoms. The van der Waals surface area contributed by atoms with E-state index < -0.39 is 34.5 Å². The molecule has 0 radical (unpaired) electrons. The molecule has 0 fully saturated rings. The summed E-state index contributed by atoms with van der Waals surface area (Å²) in [5.41, 5.74) is 0.248. The Morgan fingerprint density at radius 3 is 2.50 bits per heavy atom. The van der Waals surface area contributed by atoms with Crippen molar-refractivity contribution in [1.29, 1.82) is 0 Å². The first kappa shape index (κ1) is 20.1. The molecule has 5 nitrogen and oxygen atoms in total. The lowest BCUT2D eigenvalue weighted by atomic mass is 10.0. The maximum atomic E-state index is 13.2. The Labute approximate surface area is 173 Å². The Bertz CT molecular complexity index is 1150. The van der Waals surface area contributed by atoms with Crippen molar-refractivity contribution in [2.45, 2.75) is 19.1 Å². The zero-order valence-electron chi connectivity index (χ0n) is 15.4. The smallest absolute Gasteiger partial charge is 0.306 e. The fourth-order valence-corrected chi connectivity index (χ4v) is 3.55. The monoisotopic (exact) mass is 436 g/mol. The largest absolute Gasteiger partial charge is 0.417 e. The minimum absolute atomic E-state index is 0.266. The fourth-order valence-electron chi connectivity index (χ4n) is 3.24. The third-order valence-electron chi connectivity index (χ3n) is 4.78. The molecule has 0 spiro atoms. The molecule has 2 heterocycles. The zero-order chi connectivity index (χ0) is 21.6. The number of hydrogen-bond acceptors (Lipinski definition) is 3. The average Bonchev–Trinajstić information content (AvgIpc) is 3.13. The van der Waals surface area contributed by atoms with Crippen molar-refractivity contribution in [3.63, 3.8) is 0 Å². The van der Waals surface area contributed by atoms with Crippen LogP contribution in [-0.4, -0.2) is 25.8 Å². The van der Waals surface area contributed by atoms with E-state index in [1.807, 2.05) is 0 Å². The number of rotatable bonds is 2. The molecule has 1 aromatic heterocycles. The maximum Gasteiger partial charge on any atom is 0.417 e. The van der Waals surface area contributed by atoms with E-state index in [9.17, 15) is 22.4 Å². The van der Waals surface area contributed by atoms with Crippen LogP contribution in [0.4, 0.5) is 17.6 Å². The molecule has 1 aliphatic heterocycles. The van der Waals surface area contributed by atoms with E-state index >= 15 is 0 Å². The third-order valence-corrected chi connectivity index (χ3v) is 5.19. The number of carbonyl (C=O) groups is 1. The van der Waals surface area contributed by atoms with Gasteiger partial charge in [0.2, 0.25) is 0 Å². The molecule has 0 aliphatic carbocycles. The van der Waals surface area contributed by atoms with Crippen LogP contribution >= 0.6 is 11.6 Å². The van der Waals surface area contributed by atoms with Gasteiger partial charge < -0.3 is 4.90 Å². The Morgan fingerprint density at radius 2 is 1.83 bits per heavy atom. The first-order valence-electron chi connectivity index (χ1n) is 8.76. The van der Waals surface area contributed by atoms with Crippen molar-refractivity contribution >= 4 is 23.6 Å². The molecule has 30 heavy (non-hydrogen) atoms. The molecule has 0 saturated carbocycles. The lowest BCUT2D eigenvalue weighted by molar-refractivity contribution is -0.137. The quantitative estimate of drug-likeness (QED) is 0.514. The summed E-state index contributed by atoms with van der Waals surface area (Å²) in [6.07, 6.45) is -1.67. The normalized spacial score (nSPS) is 15.9. The number of hydrogen-bond donors (Lipinski definition) is 0. The van der Waals surface area contributed by atoms with E-state index in [-0.39, 0.29) is 5.56 Å². The summed E-state index contributed by atoms with van der Waals surface area (Å²) in [7, 11) is 0. The lowest BCUT2D eigenvalue weighted by Crippen LogP contribution is -2.31. The van der Waals surface area contributed by atoms with E-state index in [4.69, 9.17) is 11.6 Å². The SMILES string of the molecule is CC1c2nnn(-c3ccc(F)cc3)c2C=CN1C(=O)c1cccc(C(F)(F)F)c1Cl. The molecular formula is C20H13ClF4N4O. The van der Waals surface area contributed by atoms with Crippen molar-refractivity contribution in [3.8, 4) is 5.69 Å². The van der Waals surface area contributed by atoms with E-state index in [1.54, 1.807) is 13.0 Å². The van der Waals surface area contributed by atoms with Gasteiger partial charge in [0, 0.05) is 6.20 Å². The van der Waals surface area contributed by atoms with Crippen LogP contribution in [0.3, 0.4) is 0 Å².